The molecule has 22 rings (SSSR count). The van der Waals surface area contributed by atoms with E-state index in [2.05, 4.69) is 271 Å². The highest BCUT2D eigenvalue weighted by atomic mass is 16.5. The number of nitrogens with zero attached hydrogens (tertiary/aromatic N) is 7. The highest BCUT2D eigenvalue weighted by Crippen LogP contribution is 2.51. The molecular formula is C92H63N7O3. The van der Waals surface area contributed by atoms with Crippen molar-refractivity contribution in [3.8, 4) is 96.1 Å². The summed E-state index contributed by atoms with van der Waals surface area (Å²) in [5.41, 5.74) is 19.6. The maximum absolute atomic E-state index is 6.41. The Bertz CT molecular complexity index is 6440. The Hall–Kier alpha value is -13.2. The summed E-state index contributed by atoms with van der Waals surface area (Å²) in [5.74, 6) is 8.28. The topological polar surface area (TPSA) is 94.0 Å². The minimum Gasteiger partial charge on any atom is -0.453 e. The number of ether oxygens (including phenoxy) is 3. The fourth-order valence-corrected chi connectivity index (χ4v) is 16.2. The zero-order chi connectivity index (χ0) is 67.7. The Labute approximate surface area is 587 Å². The van der Waals surface area contributed by atoms with Gasteiger partial charge in [-0.2, -0.15) is 0 Å². The molecule has 0 atom stereocenters. The fourth-order valence-electron chi connectivity index (χ4n) is 16.2. The lowest BCUT2D eigenvalue weighted by Crippen LogP contribution is -2.09. The normalized spacial score (nSPS) is 12.2. The average Bonchev–Trinajstić information content (AvgIpc) is 1.32. The number of para-hydroxylation sites is 6. The van der Waals surface area contributed by atoms with Crippen molar-refractivity contribution in [2.75, 3.05) is 0 Å². The van der Waals surface area contributed by atoms with Crippen LogP contribution in [0.3, 0.4) is 0 Å². The van der Waals surface area contributed by atoms with Crippen LogP contribution < -0.4 is 14.2 Å². The summed E-state index contributed by atoms with van der Waals surface area (Å²) in [5, 5.41) is 13.6. The molecule has 0 fully saturated rings. The predicted molar refractivity (Wildman–Crippen MR) is 416 cm³/mol. The van der Waals surface area contributed by atoms with Gasteiger partial charge in [0.25, 0.3) is 0 Å². The second-order valence-electron chi connectivity index (χ2n) is 26.3. The van der Waals surface area contributed by atoms with Crippen LogP contribution in [0, 0.1) is 0 Å². The number of rotatable bonds is 7. The van der Waals surface area contributed by atoms with Crippen molar-refractivity contribution in [2.24, 2.45) is 0 Å². The molecule has 15 aromatic carbocycles. The number of hydrogen-bond acceptors (Lipinski definition) is 7. The van der Waals surface area contributed by atoms with E-state index in [1.165, 1.54) is 65.2 Å². The first-order valence-electron chi connectivity index (χ1n) is 35.1. The quantitative estimate of drug-likeness (QED) is 0.147. The first kappa shape index (κ1) is 58.9. The van der Waals surface area contributed by atoms with E-state index in [0.29, 0.717) is 0 Å². The molecule has 0 amide bonds. The number of imidazole rings is 3. The van der Waals surface area contributed by atoms with Gasteiger partial charge >= 0.3 is 0 Å². The Morgan fingerprint density at radius 2 is 0.598 bits per heavy atom. The molecule has 0 saturated heterocycles. The minimum absolute atomic E-state index is 0.835. The van der Waals surface area contributed by atoms with Gasteiger partial charge in [0, 0.05) is 52.9 Å². The van der Waals surface area contributed by atoms with Gasteiger partial charge in [0.1, 0.15) is 34.0 Å². The molecule has 102 heavy (non-hydrogen) atoms. The van der Waals surface area contributed by atoms with Crippen LogP contribution in [-0.2, 0) is 19.3 Å². The van der Waals surface area contributed by atoms with Crippen molar-refractivity contribution in [1.29, 1.82) is 0 Å². The van der Waals surface area contributed by atoms with Gasteiger partial charge in [0.05, 0.1) is 39.1 Å². The maximum atomic E-state index is 6.41. The van der Waals surface area contributed by atoms with Crippen LogP contribution in [0.1, 0.15) is 38.2 Å². The van der Waals surface area contributed by atoms with Crippen LogP contribution in [0.2, 0.25) is 0 Å². The summed E-state index contributed by atoms with van der Waals surface area (Å²) in [6, 6.07) is 100. The Balaban J connectivity index is 0.000000103. The first-order valence-corrected chi connectivity index (χ1v) is 35.1. The molecular weight excluding hydrogens is 1250 g/mol. The van der Waals surface area contributed by atoms with E-state index in [4.69, 9.17) is 34.1 Å². The number of aryl methyl sites for hydroxylation is 3. The molecule has 19 aromatic rings. The molecule has 484 valence electrons. The third kappa shape index (κ3) is 9.12. The lowest BCUT2D eigenvalue weighted by atomic mass is 9.92. The Kier molecular flexibility index (Phi) is 13.6. The van der Waals surface area contributed by atoms with Crippen molar-refractivity contribution in [3.63, 3.8) is 0 Å². The van der Waals surface area contributed by atoms with Gasteiger partial charge < -0.3 is 14.2 Å². The van der Waals surface area contributed by atoms with Crippen LogP contribution in [0.5, 0.6) is 34.5 Å². The number of pyridine rings is 1. The van der Waals surface area contributed by atoms with Crippen LogP contribution in [0.25, 0.3) is 159 Å². The van der Waals surface area contributed by atoms with Gasteiger partial charge in [-0.15, -0.1) is 0 Å². The van der Waals surface area contributed by atoms with E-state index in [9.17, 15) is 0 Å². The van der Waals surface area contributed by atoms with Gasteiger partial charge in [-0.1, -0.05) is 227 Å². The van der Waals surface area contributed by atoms with E-state index in [1.807, 2.05) is 54.7 Å². The average molecular weight is 1310 g/mol. The molecule has 7 heterocycles. The Morgan fingerprint density at radius 1 is 0.265 bits per heavy atom. The zero-order valence-electron chi connectivity index (χ0n) is 56.2. The summed E-state index contributed by atoms with van der Waals surface area (Å²) in [7, 11) is 0. The van der Waals surface area contributed by atoms with Gasteiger partial charge in [0.15, 0.2) is 34.5 Å². The molecule has 10 nitrogen and oxygen atoms in total. The first-order chi connectivity index (χ1) is 50.5. The standard InChI is InChI=1S/C35H24N2O.C29H20N2O.C28H19N3O/c1-2-33-36-30-14-8-16-32-35(30)37(33)34-26(13-7-15-31(34)38-32)22-17-19-23(20-18-22)29-21-24-9-3-4-10-25(24)27-11-5-6-12-28(27)29;1-2-27-30-24-14-8-16-26-29(24)31(27)28-22(13-7-15-25(28)32-26)23-17-18-9-3-4-10-19(18)20-11-5-6-12-21(20)23;1-2-25-30-22-12-6-14-24-28(22)31(25)27-20(10-5-13-23(27)32-24)21-16-17-8-3-4-9-18(17)26-19(21)11-7-15-29-26/h3-21H,2H2,1H3;3-17H,2H2,1H3;3-16H,2H2,1H3. The molecule has 0 saturated carbocycles. The van der Waals surface area contributed by atoms with E-state index >= 15 is 0 Å². The molecule has 0 unspecified atom stereocenters. The number of benzene rings is 15. The molecule has 0 radical (unpaired) electrons. The third-order valence-corrected chi connectivity index (χ3v) is 20.6. The Morgan fingerprint density at radius 3 is 1.06 bits per heavy atom. The number of hydrogen-bond donors (Lipinski definition) is 0. The van der Waals surface area contributed by atoms with E-state index in [0.717, 1.165) is 166 Å². The van der Waals surface area contributed by atoms with E-state index in [-0.39, 0.29) is 0 Å². The smallest absolute Gasteiger partial charge is 0.153 e. The second kappa shape index (κ2) is 23.5. The largest absolute Gasteiger partial charge is 0.453 e. The van der Waals surface area contributed by atoms with E-state index < -0.39 is 0 Å². The maximum Gasteiger partial charge on any atom is 0.153 e. The van der Waals surface area contributed by atoms with Crippen molar-refractivity contribution in [3.05, 3.63) is 309 Å². The second-order valence-corrected chi connectivity index (χ2v) is 26.3. The fraction of sp³-hybridized carbons (Fsp3) is 0.0652. The van der Waals surface area contributed by atoms with Gasteiger partial charge in [-0.3, -0.25) is 18.7 Å². The predicted octanol–water partition coefficient (Wildman–Crippen LogP) is 24.1. The van der Waals surface area contributed by atoms with Crippen LogP contribution in [0.15, 0.2) is 291 Å². The van der Waals surface area contributed by atoms with Gasteiger partial charge in [0.2, 0.25) is 0 Å². The molecule has 0 bridgehead atoms. The van der Waals surface area contributed by atoms with Crippen molar-refractivity contribution >= 4 is 97.9 Å². The summed E-state index contributed by atoms with van der Waals surface area (Å²) < 4.78 is 26.1. The summed E-state index contributed by atoms with van der Waals surface area (Å²) in [6.07, 6.45) is 4.39. The van der Waals surface area contributed by atoms with Gasteiger partial charge in [-0.05, 0) is 155 Å². The van der Waals surface area contributed by atoms with Crippen LogP contribution in [-0.4, -0.2) is 33.6 Å². The van der Waals surface area contributed by atoms with Crippen molar-refractivity contribution in [1.82, 2.24) is 33.6 Å². The van der Waals surface area contributed by atoms with Crippen molar-refractivity contribution < 1.29 is 14.2 Å². The third-order valence-electron chi connectivity index (χ3n) is 20.6. The van der Waals surface area contributed by atoms with Crippen molar-refractivity contribution in [2.45, 2.75) is 40.0 Å². The summed E-state index contributed by atoms with van der Waals surface area (Å²) in [4.78, 5) is 19.5. The zero-order valence-corrected chi connectivity index (χ0v) is 56.2. The summed E-state index contributed by atoms with van der Waals surface area (Å²) >= 11 is 0. The molecule has 4 aromatic heterocycles. The lowest BCUT2D eigenvalue weighted by molar-refractivity contribution is 0.474. The molecule has 10 heteroatoms. The van der Waals surface area contributed by atoms with Crippen LogP contribution >= 0.6 is 0 Å². The molecule has 0 N–H and O–H groups in total. The molecule has 3 aliphatic rings. The molecule has 0 aliphatic carbocycles. The minimum atomic E-state index is 0.835. The number of aromatic nitrogens is 7. The molecule has 0 spiro atoms. The SMILES string of the molecule is CCc1nc2cccc3c2n1-c1c(cccc1-c1cc2ccccc2c2ccccc12)O3.CCc1nc2cccc3c2n1-c1c(cccc1-c1cc2ccccc2c2ncccc12)O3.CCc1nc2cccc3c2n1-c1c(cccc1-c1ccc(-c2cc4ccccc4c4ccccc24)cc1)O3. The van der Waals surface area contributed by atoms with Gasteiger partial charge in [-0.25, -0.2) is 15.0 Å². The molecule has 3 aliphatic heterocycles. The highest BCUT2D eigenvalue weighted by Gasteiger charge is 2.31. The van der Waals surface area contributed by atoms with E-state index in [1.54, 1.807) is 0 Å². The highest BCUT2D eigenvalue weighted by molar-refractivity contribution is 6.17. The number of fused-ring (bicyclic) bond motifs is 15. The summed E-state index contributed by atoms with van der Waals surface area (Å²) in [6.45, 7) is 6.47. The van der Waals surface area contributed by atoms with Crippen LogP contribution in [0.4, 0.5) is 0 Å². The monoisotopic (exact) mass is 1310 g/mol. The lowest BCUT2D eigenvalue weighted by Gasteiger charge is -2.24.